The van der Waals surface area contributed by atoms with Crippen LogP contribution in [0.4, 0.5) is 0 Å². The van der Waals surface area contributed by atoms with Crippen LogP contribution in [-0.4, -0.2) is 38.1 Å². The summed E-state index contributed by atoms with van der Waals surface area (Å²) < 4.78 is 4.81. The molecular weight excluding hydrogens is 262 g/mol. The average Bonchev–Trinajstić information content (AvgIpc) is 2.71. The van der Waals surface area contributed by atoms with E-state index in [9.17, 15) is 9.59 Å². The van der Waals surface area contributed by atoms with Crippen molar-refractivity contribution in [3.63, 3.8) is 0 Å². The van der Waals surface area contributed by atoms with Gasteiger partial charge in [-0.05, 0) is 11.5 Å². The largest absolute Gasteiger partial charge is 0.480 e. The van der Waals surface area contributed by atoms with Gasteiger partial charge in [-0.1, -0.05) is 18.7 Å². The van der Waals surface area contributed by atoms with E-state index in [1.165, 1.54) is 30.2 Å². The van der Waals surface area contributed by atoms with Crippen molar-refractivity contribution >= 4 is 35.2 Å². The number of nitrogens with one attached hydrogen (secondary N) is 1. The highest BCUT2D eigenvalue weighted by Gasteiger charge is 2.19. The van der Waals surface area contributed by atoms with Gasteiger partial charge in [-0.15, -0.1) is 0 Å². The highest BCUT2D eigenvalue weighted by Crippen LogP contribution is 2.21. The van der Waals surface area contributed by atoms with Gasteiger partial charge in [-0.3, -0.25) is 4.79 Å². The summed E-state index contributed by atoms with van der Waals surface area (Å²) >= 11 is 2.53. The zero-order valence-corrected chi connectivity index (χ0v) is 11.1. The lowest BCUT2D eigenvalue weighted by Gasteiger charge is -2.11. The van der Waals surface area contributed by atoms with Crippen molar-refractivity contribution in [3.05, 3.63) is 5.82 Å². The fourth-order valence-electron chi connectivity index (χ4n) is 1.01. The summed E-state index contributed by atoms with van der Waals surface area (Å²) in [7, 11) is 0. The van der Waals surface area contributed by atoms with E-state index in [2.05, 4.69) is 14.7 Å². The number of carboxylic acids is 1. The fraction of sp³-hybridized carbons (Fsp3) is 0.556. The number of amides is 1. The van der Waals surface area contributed by atoms with Crippen LogP contribution in [0, 0.1) is 0 Å². The van der Waals surface area contributed by atoms with E-state index in [0.717, 1.165) is 16.6 Å². The molecule has 1 amide bonds. The third-order valence-electron chi connectivity index (χ3n) is 1.81. The molecule has 0 bridgehead atoms. The molecule has 0 aliphatic rings. The number of aryl methyl sites for hydroxylation is 1. The molecule has 0 radical (unpaired) electrons. The van der Waals surface area contributed by atoms with E-state index in [4.69, 9.17) is 5.11 Å². The number of thioether (sulfide) groups is 1. The second-order valence-electron chi connectivity index (χ2n) is 3.23. The van der Waals surface area contributed by atoms with E-state index in [1.807, 2.05) is 6.92 Å². The molecule has 1 atom stereocenters. The van der Waals surface area contributed by atoms with E-state index >= 15 is 0 Å². The molecule has 0 saturated carbocycles. The molecule has 0 saturated heterocycles. The number of hydrogen-bond acceptors (Lipinski definition) is 6. The highest BCUT2D eigenvalue weighted by molar-refractivity contribution is 8.01. The Morgan fingerprint density at radius 1 is 1.59 bits per heavy atom. The maximum atomic E-state index is 10.9. The third-order valence-corrected chi connectivity index (χ3v) is 3.78. The Labute approximate surface area is 107 Å². The Balaban J connectivity index is 2.51. The van der Waals surface area contributed by atoms with E-state index < -0.39 is 12.0 Å². The molecule has 17 heavy (non-hydrogen) atoms. The molecule has 0 spiro atoms. The van der Waals surface area contributed by atoms with Gasteiger partial charge in [-0.2, -0.15) is 4.37 Å². The summed E-state index contributed by atoms with van der Waals surface area (Å²) in [5, 5.41) is 11.3. The molecule has 1 aromatic heterocycles. The third kappa shape index (κ3) is 4.70. The van der Waals surface area contributed by atoms with Gasteiger partial charge in [0.2, 0.25) is 5.91 Å². The van der Waals surface area contributed by atoms with Gasteiger partial charge in [0, 0.05) is 19.1 Å². The van der Waals surface area contributed by atoms with Crippen molar-refractivity contribution in [2.75, 3.05) is 5.75 Å². The predicted molar refractivity (Wildman–Crippen MR) is 65.3 cm³/mol. The van der Waals surface area contributed by atoms with Crippen molar-refractivity contribution in [1.29, 1.82) is 0 Å². The summed E-state index contributed by atoms with van der Waals surface area (Å²) in [5.74, 6) is -0.408. The minimum atomic E-state index is -1.05. The van der Waals surface area contributed by atoms with Gasteiger partial charge in [0.1, 0.15) is 11.9 Å². The number of rotatable bonds is 6. The van der Waals surface area contributed by atoms with Crippen LogP contribution in [-0.2, 0) is 16.0 Å². The van der Waals surface area contributed by atoms with E-state index in [-0.39, 0.29) is 11.7 Å². The Hall–Kier alpha value is -1.15. The minimum absolute atomic E-state index is 0.243. The molecule has 6 nitrogen and oxygen atoms in total. The Kier molecular flexibility index (Phi) is 5.36. The summed E-state index contributed by atoms with van der Waals surface area (Å²) in [5.41, 5.74) is 0. The van der Waals surface area contributed by atoms with E-state index in [1.54, 1.807) is 0 Å². The molecule has 94 valence electrons. The fourth-order valence-corrected chi connectivity index (χ4v) is 2.75. The number of aromatic nitrogens is 2. The zero-order chi connectivity index (χ0) is 12.8. The minimum Gasteiger partial charge on any atom is -0.480 e. The Morgan fingerprint density at radius 3 is 2.76 bits per heavy atom. The first-order valence-corrected chi connectivity index (χ1v) is 6.74. The summed E-state index contributed by atoms with van der Waals surface area (Å²) in [6.45, 7) is 3.24. The Morgan fingerprint density at radius 2 is 2.29 bits per heavy atom. The van der Waals surface area contributed by atoms with Crippen molar-refractivity contribution in [1.82, 2.24) is 14.7 Å². The SMILES string of the molecule is CCc1nsc(SC[C@H](NC(C)=O)C(=O)O)n1. The lowest BCUT2D eigenvalue weighted by Crippen LogP contribution is -2.41. The molecule has 0 unspecified atom stereocenters. The standard InChI is InChI=1S/C9H13N3O3S2/c1-3-7-11-9(17-12-7)16-4-6(8(14)15)10-5(2)13/h6H,3-4H2,1-2H3,(H,10,13)(H,14,15)/t6-/m0/s1. The van der Waals surface area contributed by atoms with Gasteiger partial charge < -0.3 is 10.4 Å². The topological polar surface area (TPSA) is 92.2 Å². The monoisotopic (exact) mass is 275 g/mol. The summed E-state index contributed by atoms with van der Waals surface area (Å²) in [4.78, 5) is 25.9. The number of aliphatic carboxylic acids is 1. The van der Waals surface area contributed by atoms with Gasteiger partial charge in [0.05, 0.1) is 0 Å². The van der Waals surface area contributed by atoms with Crippen LogP contribution >= 0.6 is 23.3 Å². The predicted octanol–water partition coefficient (Wildman–Crippen LogP) is 0.782. The van der Waals surface area contributed by atoms with Crippen molar-refractivity contribution in [3.8, 4) is 0 Å². The highest BCUT2D eigenvalue weighted by atomic mass is 32.2. The lowest BCUT2D eigenvalue weighted by atomic mass is 10.3. The summed E-state index contributed by atoms with van der Waals surface area (Å²) in [6.07, 6.45) is 0.755. The molecule has 1 aromatic rings. The normalized spacial score (nSPS) is 12.1. The second kappa shape index (κ2) is 6.55. The van der Waals surface area contributed by atoms with Gasteiger partial charge in [-0.25, -0.2) is 9.78 Å². The molecule has 8 heteroatoms. The van der Waals surface area contributed by atoms with Crippen LogP contribution in [0.25, 0.3) is 0 Å². The van der Waals surface area contributed by atoms with Crippen molar-refractivity contribution in [2.24, 2.45) is 0 Å². The quantitative estimate of drug-likeness (QED) is 0.745. The first kappa shape index (κ1) is 13.9. The lowest BCUT2D eigenvalue weighted by molar-refractivity contribution is -0.140. The van der Waals surface area contributed by atoms with Crippen LogP contribution in [0.15, 0.2) is 4.34 Å². The van der Waals surface area contributed by atoms with Crippen LogP contribution in [0.5, 0.6) is 0 Å². The first-order valence-electron chi connectivity index (χ1n) is 4.98. The number of carbonyl (C=O) groups is 2. The molecular formula is C9H13N3O3S2. The smallest absolute Gasteiger partial charge is 0.327 e. The van der Waals surface area contributed by atoms with Gasteiger partial charge >= 0.3 is 5.97 Å². The second-order valence-corrected chi connectivity index (χ2v) is 5.25. The van der Waals surface area contributed by atoms with Gasteiger partial charge in [0.15, 0.2) is 4.34 Å². The summed E-state index contributed by atoms with van der Waals surface area (Å²) in [6, 6.07) is -0.897. The molecule has 0 aromatic carbocycles. The number of carbonyl (C=O) groups excluding carboxylic acids is 1. The molecule has 1 heterocycles. The van der Waals surface area contributed by atoms with Crippen molar-refractivity contribution in [2.45, 2.75) is 30.6 Å². The molecule has 0 fully saturated rings. The maximum absolute atomic E-state index is 10.9. The van der Waals surface area contributed by atoms with E-state index in [0.29, 0.717) is 0 Å². The van der Waals surface area contributed by atoms with Crippen LogP contribution in [0.1, 0.15) is 19.7 Å². The van der Waals surface area contributed by atoms with Gasteiger partial charge in [0.25, 0.3) is 0 Å². The molecule has 0 aliphatic heterocycles. The van der Waals surface area contributed by atoms with Crippen LogP contribution < -0.4 is 5.32 Å². The van der Waals surface area contributed by atoms with Crippen molar-refractivity contribution < 1.29 is 14.7 Å². The maximum Gasteiger partial charge on any atom is 0.327 e. The number of nitrogens with zero attached hydrogens (tertiary/aromatic N) is 2. The Bertz CT molecular complexity index is 408. The average molecular weight is 275 g/mol. The number of carboxylic acid groups (broad SMARTS) is 1. The first-order chi connectivity index (χ1) is 8.02. The van der Waals surface area contributed by atoms with Crippen LogP contribution in [0.2, 0.25) is 0 Å². The molecule has 0 aliphatic carbocycles. The molecule has 1 rings (SSSR count). The number of hydrogen-bond donors (Lipinski definition) is 2. The zero-order valence-electron chi connectivity index (χ0n) is 9.47. The molecule has 2 N–H and O–H groups in total. The van der Waals surface area contributed by atoms with Crippen LogP contribution in [0.3, 0.4) is 0 Å².